The molecule has 0 aliphatic carbocycles. The highest BCUT2D eigenvalue weighted by atomic mass is 16.5. The van der Waals surface area contributed by atoms with Gasteiger partial charge >= 0.3 is 11.9 Å². The molecule has 1 fully saturated rings. The summed E-state index contributed by atoms with van der Waals surface area (Å²) < 4.78 is 10.0. The van der Waals surface area contributed by atoms with Crippen molar-refractivity contribution in [2.24, 2.45) is 17.6 Å². The normalized spacial score (nSPS) is 17.3. The molecule has 1 aliphatic rings. The number of carbonyl (C=O) groups excluding carboxylic acids is 5. The maximum absolute atomic E-state index is 13.3. The number of amides is 3. The molecule has 4 atom stereocenters. The van der Waals surface area contributed by atoms with Crippen LogP contribution >= 0.6 is 0 Å². The quantitative estimate of drug-likeness (QED) is 0.312. The second-order valence-corrected chi connectivity index (χ2v) is 10.6. The molecule has 1 saturated heterocycles. The van der Waals surface area contributed by atoms with Crippen LogP contribution < -0.4 is 16.4 Å². The Morgan fingerprint density at radius 3 is 2.31 bits per heavy atom. The van der Waals surface area contributed by atoms with Gasteiger partial charge in [-0.05, 0) is 36.7 Å². The number of ether oxygens (including phenoxy) is 2. The molecule has 0 spiro atoms. The third-order valence-corrected chi connectivity index (χ3v) is 6.55. The molecule has 1 heterocycles. The van der Waals surface area contributed by atoms with Crippen molar-refractivity contribution in [2.75, 3.05) is 13.7 Å². The van der Waals surface area contributed by atoms with Crippen molar-refractivity contribution in [1.29, 1.82) is 0 Å². The topological polar surface area (TPSA) is 157 Å². The number of esters is 2. The first-order chi connectivity index (χ1) is 18.4. The van der Waals surface area contributed by atoms with Gasteiger partial charge in [0.1, 0.15) is 24.7 Å². The van der Waals surface area contributed by atoms with Gasteiger partial charge in [-0.25, -0.2) is 4.79 Å². The zero-order chi connectivity index (χ0) is 29.1. The van der Waals surface area contributed by atoms with Crippen molar-refractivity contribution in [1.82, 2.24) is 15.5 Å². The standard InChI is InChI=1S/C28H42N4O7/c1-17(2)14-21(28(37)39-16-19-10-7-6-8-11-19)30-26(35)24(18(3)4)31-25(34)22-12-9-13-32(22)27(36)20(29)15-23(33)38-5/h6-8,10-11,17-18,20-22,24H,9,12-16,29H2,1-5H3,(H,30,35)(H,31,34)/t20-,21+,22+,24-/m1/s1. The molecule has 1 aromatic rings. The second-order valence-electron chi connectivity index (χ2n) is 10.6. The summed E-state index contributed by atoms with van der Waals surface area (Å²) in [5.41, 5.74) is 6.71. The van der Waals surface area contributed by atoms with Crippen LogP contribution in [0.5, 0.6) is 0 Å². The highest BCUT2D eigenvalue weighted by Crippen LogP contribution is 2.20. The van der Waals surface area contributed by atoms with E-state index in [1.807, 2.05) is 44.2 Å². The van der Waals surface area contributed by atoms with Crippen LogP contribution in [0.1, 0.15) is 58.9 Å². The molecular formula is C28H42N4O7. The van der Waals surface area contributed by atoms with Crippen LogP contribution in [0.3, 0.4) is 0 Å². The predicted molar refractivity (Wildman–Crippen MR) is 144 cm³/mol. The van der Waals surface area contributed by atoms with E-state index in [1.165, 1.54) is 12.0 Å². The summed E-state index contributed by atoms with van der Waals surface area (Å²) in [6, 6.07) is 5.45. The number of likely N-dealkylation sites (tertiary alicyclic amines) is 1. The highest BCUT2D eigenvalue weighted by Gasteiger charge is 2.39. The van der Waals surface area contributed by atoms with Crippen LogP contribution in [0, 0.1) is 11.8 Å². The third kappa shape index (κ3) is 9.65. The minimum absolute atomic E-state index is 0.0815. The van der Waals surface area contributed by atoms with E-state index in [0.717, 1.165) is 5.56 Å². The van der Waals surface area contributed by atoms with Crippen molar-refractivity contribution in [3.05, 3.63) is 35.9 Å². The van der Waals surface area contributed by atoms with Crippen LogP contribution in [-0.4, -0.2) is 72.4 Å². The van der Waals surface area contributed by atoms with E-state index in [9.17, 15) is 24.0 Å². The number of nitrogens with zero attached hydrogens (tertiary/aromatic N) is 1. The monoisotopic (exact) mass is 546 g/mol. The van der Waals surface area contributed by atoms with Gasteiger partial charge in [-0.2, -0.15) is 0 Å². The zero-order valence-electron chi connectivity index (χ0n) is 23.5. The minimum atomic E-state index is -1.13. The van der Waals surface area contributed by atoms with Crippen molar-refractivity contribution in [2.45, 2.75) is 84.2 Å². The first kappa shape index (κ1) is 31.7. The summed E-state index contributed by atoms with van der Waals surface area (Å²) in [6.45, 7) is 7.81. The van der Waals surface area contributed by atoms with Gasteiger partial charge in [0.15, 0.2) is 0 Å². The van der Waals surface area contributed by atoms with E-state index in [2.05, 4.69) is 15.4 Å². The minimum Gasteiger partial charge on any atom is -0.469 e. The van der Waals surface area contributed by atoms with Gasteiger partial charge in [0.2, 0.25) is 17.7 Å². The van der Waals surface area contributed by atoms with Crippen LogP contribution in [0.2, 0.25) is 0 Å². The van der Waals surface area contributed by atoms with Gasteiger partial charge in [0.25, 0.3) is 0 Å². The molecule has 0 aromatic heterocycles. The number of benzene rings is 1. The molecular weight excluding hydrogens is 504 g/mol. The molecule has 11 heteroatoms. The maximum Gasteiger partial charge on any atom is 0.328 e. The fourth-order valence-electron chi connectivity index (χ4n) is 4.43. The lowest BCUT2D eigenvalue weighted by molar-refractivity contribution is -0.150. The van der Waals surface area contributed by atoms with E-state index in [1.54, 1.807) is 13.8 Å². The number of carbonyl (C=O) groups is 5. The molecule has 1 aromatic carbocycles. The number of rotatable bonds is 13. The summed E-state index contributed by atoms with van der Waals surface area (Å²) in [6.07, 6.45) is 1.05. The van der Waals surface area contributed by atoms with E-state index in [-0.39, 0.29) is 24.9 Å². The Hall–Kier alpha value is -3.47. The van der Waals surface area contributed by atoms with E-state index < -0.39 is 53.8 Å². The molecule has 0 unspecified atom stereocenters. The predicted octanol–water partition coefficient (Wildman–Crippen LogP) is 1.28. The van der Waals surface area contributed by atoms with Crippen molar-refractivity contribution in [3.63, 3.8) is 0 Å². The number of hydrogen-bond acceptors (Lipinski definition) is 8. The fraction of sp³-hybridized carbons (Fsp3) is 0.607. The average molecular weight is 547 g/mol. The van der Waals surface area contributed by atoms with Gasteiger partial charge in [-0.1, -0.05) is 58.0 Å². The lowest BCUT2D eigenvalue weighted by atomic mass is 10.00. The van der Waals surface area contributed by atoms with E-state index in [0.29, 0.717) is 25.8 Å². The van der Waals surface area contributed by atoms with Crippen molar-refractivity contribution >= 4 is 29.7 Å². The molecule has 0 radical (unpaired) electrons. The Morgan fingerprint density at radius 1 is 1.05 bits per heavy atom. The summed E-state index contributed by atoms with van der Waals surface area (Å²) >= 11 is 0. The van der Waals surface area contributed by atoms with Crippen LogP contribution in [-0.2, 0) is 40.1 Å². The Balaban J connectivity index is 2.07. The van der Waals surface area contributed by atoms with Gasteiger partial charge in [-0.3, -0.25) is 19.2 Å². The van der Waals surface area contributed by atoms with Gasteiger partial charge in [-0.15, -0.1) is 0 Å². The zero-order valence-corrected chi connectivity index (χ0v) is 23.5. The van der Waals surface area contributed by atoms with Gasteiger partial charge in [0, 0.05) is 6.54 Å². The SMILES string of the molecule is COC(=O)C[C@@H](N)C(=O)N1CCC[C@H]1C(=O)N[C@@H](C(=O)N[C@@H](CC(C)C)C(=O)OCc1ccccc1)C(C)C. The average Bonchev–Trinajstić information content (AvgIpc) is 3.39. The molecule has 39 heavy (non-hydrogen) atoms. The Labute approximate surface area is 230 Å². The first-order valence-electron chi connectivity index (χ1n) is 13.4. The van der Waals surface area contributed by atoms with Crippen molar-refractivity contribution < 1.29 is 33.4 Å². The van der Waals surface area contributed by atoms with E-state index >= 15 is 0 Å². The van der Waals surface area contributed by atoms with Crippen molar-refractivity contribution in [3.8, 4) is 0 Å². The van der Waals surface area contributed by atoms with Gasteiger partial charge in [0.05, 0.1) is 19.6 Å². The number of nitrogens with one attached hydrogen (secondary N) is 2. The largest absolute Gasteiger partial charge is 0.469 e. The molecule has 216 valence electrons. The maximum atomic E-state index is 13.3. The second kappa shape index (κ2) is 15.2. The molecule has 3 amide bonds. The molecule has 4 N–H and O–H groups in total. The third-order valence-electron chi connectivity index (χ3n) is 6.55. The summed E-state index contributed by atoms with van der Waals surface area (Å²) in [4.78, 5) is 65.1. The number of methoxy groups -OCH3 is 1. The Morgan fingerprint density at radius 2 is 1.72 bits per heavy atom. The summed E-state index contributed by atoms with van der Waals surface area (Å²) in [7, 11) is 1.21. The number of hydrogen-bond donors (Lipinski definition) is 3. The Bertz CT molecular complexity index is 999. The van der Waals surface area contributed by atoms with Crippen LogP contribution in [0.25, 0.3) is 0 Å². The molecule has 0 saturated carbocycles. The lowest BCUT2D eigenvalue weighted by Crippen LogP contribution is -2.58. The molecule has 2 rings (SSSR count). The molecule has 11 nitrogen and oxygen atoms in total. The number of nitrogens with two attached hydrogens (primary N) is 1. The first-order valence-corrected chi connectivity index (χ1v) is 13.4. The molecule has 0 bridgehead atoms. The molecule has 1 aliphatic heterocycles. The Kier molecular flexibility index (Phi) is 12.4. The fourth-order valence-corrected chi connectivity index (χ4v) is 4.43. The summed E-state index contributed by atoms with van der Waals surface area (Å²) in [5.74, 6) is -2.92. The lowest BCUT2D eigenvalue weighted by Gasteiger charge is -2.30. The smallest absolute Gasteiger partial charge is 0.328 e. The highest BCUT2D eigenvalue weighted by molar-refractivity contribution is 5.95. The van der Waals surface area contributed by atoms with Crippen LogP contribution in [0.15, 0.2) is 30.3 Å². The van der Waals surface area contributed by atoms with Gasteiger partial charge < -0.3 is 30.7 Å². The summed E-state index contributed by atoms with van der Waals surface area (Å²) in [5, 5.41) is 5.52. The van der Waals surface area contributed by atoms with Crippen LogP contribution in [0.4, 0.5) is 0 Å². The van der Waals surface area contributed by atoms with E-state index in [4.69, 9.17) is 10.5 Å².